The fraction of sp³-hybridized carbons (Fsp3) is 0.127. The van der Waals surface area contributed by atoms with E-state index in [-0.39, 0.29) is 20.2 Å². The van der Waals surface area contributed by atoms with Gasteiger partial charge in [-0.25, -0.2) is 26.3 Å². The molecule has 0 saturated heterocycles. The predicted molar refractivity (Wildman–Crippen MR) is 252 cm³/mol. The molecule has 4 heterocycles. The molecule has 1 atom stereocenters. The van der Waals surface area contributed by atoms with Crippen LogP contribution in [0.25, 0.3) is 11.1 Å². The van der Waals surface area contributed by atoms with Crippen molar-refractivity contribution >= 4 is 30.5 Å². The van der Waals surface area contributed by atoms with Crippen LogP contribution < -0.4 is 38.7 Å². The largest absolute Gasteiger partial charge is 0.473 e. The minimum atomic E-state index is -1.82. The van der Waals surface area contributed by atoms with Gasteiger partial charge in [0, 0.05) is 82.5 Å². The first-order chi connectivity index (χ1) is 33.6. The third-order valence-corrected chi connectivity index (χ3v) is 15.8. The monoisotopic (exact) mass is 949 g/mol. The van der Waals surface area contributed by atoms with Crippen LogP contribution in [0.4, 0.5) is 43.4 Å². The average Bonchev–Trinajstić information content (AvgIpc) is 3.38. The van der Waals surface area contributed by atoms with Crippen molar-refractivity contribution in [2.24, 2.45) is 0 Å². The van der Waals surface area contributed by atoms with E-state index in [9.17, 15) is 26.3 Å². The molecule has 14 heteroatoms. The van der Waals surface area contributed by atoms with E-state index in [1.807, 2.05) is 87.5 Å². The predicted octanol–water partition coefficient (Wildman–Crippen LogP) is 12.7. The standard InChI is InChI=1S/C55H38F6N3O4P/c56-44-15-12-39(24-47(44)59)62-27-33-21-36(9-18-50(33)65-30-62)55(69-54-8-4-2-6-43(54)42-5-1-3-7-53(42)68-69,37-10-19-51-34(22-37)28-63(31-66-51)40-13-16-45(57)48(60)25-40)38-11-20-52-35(23-38)29-64(32-67-52)41-14-17-46(58)49(61)26-41/h1-26H,27-32H2. The number of fused-ring (bicyclic) bond motifs is 6. The molecule has 0 saturated carbocycles. The topological polar surface area (TPSA) is 46.6 Å². The molecule has 0 spiro atoms. The SMILES string of the molecule is Fc1ccc(N2COc3ccc(C(c4ccc5c(c4)CN(c4ccc(F)c(F)c4)CO5)(c4ccc5c(c4)CN(c4ccc(F)c(F)c4)CO5)P4Oc5ccccc5-c5ccccc54)cc3C2)cc1F. The molecule has 344 valence electrons. The first kappa shape index (κ1) is 42.7. The number of rotatable bonds is 7. The Hall–Kier alpha value is -7.63. The lowest BCUT2D eigenvalue weighted by molar-refractivity contribution is 0.288. The third-order valence-electron chi connectivity index (χ3n) is 13.2. The zero-order valence-electron chi connectivity index (χ0n) is 36.4. The number of anilines is 3. The average molecular weight is 950 g/mol. The molecule has 0 aliphatic carbocycles. The zero-order valence-corrected chi connectivity index (χ0v) is 37.3. The van der Waals surface area contributed by atoms with Gasteiger partial charge in [-0.2, -0.15) is 0 Å². The Bertz CT molecular complexity index is 3090. The van der Waals surface area contributed by atoms with Gasteiger partial charge in [-0.15, -0.1) is 0 Å². The molecule has 0 aromatic heterocycles. The van der Waals surface area contributed by atoms with Crippen LogP contribution in [-0.2, 0) is 24.8 Å². The third kappa shape index (κ3) is 7.34. The summed E-state index contributed by atoms with van der Waals surface area (Å²) in [5, 5.41) is -0.227. The van der Waals surface area contributed by atoms with Crippen molar-refractivity contribution in [2.75, 3.05) is 34.9 Å². The van der Waals surface area contributed by atoms with Crippen molar-refractivity contribution in [1.29, 1.82) is 0 Å². The Balaban J connectivity index is 1.09. The van der Waals surface area contributed by atoms with Crippen molar-refractivity contribution in [2.45, 2.75) is 24.8 Å². The highest BCUT2D eigenvalue weighted by molar-refractivity contribution is 7.63. The Morgan fingerprint density at radius 3 is 1.19 bits per heavy atom. The van der Waals surface area contributed by atoms with E-state index in [0.29, 0.717) is 59.7 Å². The van der Waals surface area contributed by atoms with E-state index in [1.54, 1.807) is 0 Å². The number of para-hydroxylation sites is 1. The minimum Gasteiger partial charge on any atom is -0.473 e. The summed E-state index contributed by atoms with van der Waals surface area (Å²) < 4.78 is 113. The van der Waals surface area contributed by atoms with Crippen LogP contribution in [-0.4, -0.2) is 20.2 Å². The van der Waals surface area contributed by atoms with E-state index < -0.39 is 48.2 Å². The van der Waals surface area contributed by atoms with Crippen LogP contribution in [0.5, 0.6) is 23.0 Å². The van der Waals surface area contributed by atoms with Gasteiger partial charge in [0.2, 0.25) is 0 Å². The van der Waals surface area contributed by atoms with E-state index in [0.717, 1.165) is 86.2 Å². The minimum absolute atomic E-state index is 0.0983. The van der Waals surface area contributed by atoms with Gasteiger partial charge in [0.25, 0.3) is 0 Å². The molecule has 0 amide bonds. The second-order valence-corrected chi connectivity index (χ2v) is 19.2. The number of halogens is 6. The van der Waals surface area contributed by atoms with E-state index in [2.05, 4.69) is 30.3 Å². The Morgan fingerprint density at radius 1 is 0.377 bits per heavy atom. The molecule has 7 nitrogen and oxygen atoms in total. The summed E-state index contributed by atoms with van der Waals surface area (Å²) in [5.41, 5.74) is 8.08. The molecule has 12 rings (SSSR count). The quantitative estimate of drug-likeness (QED) is 0.0896. The smallest absolute Gasteiger partial charge is 0.161 e. The fourth-order valence-electron chi connectivity index (χ4n) is 9.84. The maximum Gasteiger partial charge on any atom is 0.161 e. The van der Waals surface area contributed by atoms with Gasteiger partial charge >= 0.3 is 0 Å². The van der Waals surface area contributed by atoms with Crippen LogP contribution in [0, 0.1) is 34.9 Å². The van der Waals surface area contributed by atoms with E-state index in [1.165, 1.54) is 18.2 Å². The molecule has 4 aliphatic heterocycles. The molecule has 8 aromatic rings. The molecule has 4 aliphatic rings. The van der Waals surface area contributed by atoms with Crippen molar-refractivity contribution in [3.8, 4) is 34.1 Å². The van der Waals surface area contributed by atoms with E-state index in [4.69, 9.17) is 18.7 Å². The maximum absolute atomic E-state index is 14.7. The summed E-state index contributed by atoms with van der Waals surface area (Å²) in [6, 6.07) is 45.6. The van der Waals surface area contributed by atoms with Gasteiger partial charge in [-0.3, -0.25) is 0 Å². The second kappa shape index (κ2) is 16.9. The van der Waals surface area contributed by atoms with Crippen molar-refractivity contribution < 1.29 is 45.1 Å². The molecular weight excluding hydrogens is 912 g/mol. The van der Waals surface area contributed by atoms with Gasteiger partial charge in [0.05, 0.1) is 0 Å². The summed E-state index contributed by atoms with van der Waals surface area (Å²) in [6.07, 6.45) is 0. The van der Waals surface area contributed by atoms with Crippen molar-refractivity contribution in [1.82, 2.24) is 0 Å². The molecule has 0 radical (unpaired) electrons. The Kier molecular flexibility index (Phi) is 10.4. The molecule has 1 unspecified atom stereocenters. The molecule has 0 fully saturated rings. The maximum atomic E-state index is 14.7. The highest BCUT2D eigenvalue weighted by Gasteiger charge is 2.51. The highest BCUT2D eigenvalue weighted by atomic mass is 31.1. The summed E-state index contributed by atoms with van der Waals surface area (Å²) in [6.45, 7) is 1.18. The molecule has 8 aromatic carbocycles. The number of benzene rings is 8. The van der Waals surface area contributed by atoms with Crippen LogP contribution in [0.1, 0.15) is 33.4 Å². The first-order valence-corrected chi connectivity index (χ1v) is 23.4. The summed E-state index contributed by atoms with van der Waals surface area (Å²) in [4.78, 5) is 5.49. The van der Waals surface area contributed by atoms with E-state index >= 15 is 0 Å². The lowest BCUT2D eigenvalue weighted by atomic mass is 9.81. The summed E-state index contributed by atoms with van der Waals surface area (Å²) >= 11 is 0. The van der Waals surface area contributed by atoms with Crippen molar-refractivity contribution in [3.05, 3.63) is 226 Å². The molecular formula is C55H38F6N3O4P. The molecule has 69 heavy (non-hydrogen) atoms. The van der Waals surface area contributed by atoms with Crippen LogP contribution in [0.15, 0.2) is 158 Å². The fourth-order valence-corrected chi connectivity index (χ4v) is 12.5. The number of ether oxygens (including phenoxy) is 3. The van der Waals surface area contributed by atoms with Crippen molar-refractivity contribution in [3.63, 3.8) is 0 Å². The summed E-state index contributed by atoms with van der Waals surface area (Å²) in [5.74, 6) is -3.21. The normalized spacial score (nSPS) is 15.9. The van der Waals surface area contributed by atoms with Gasteiger partial charge < -0.3 is 33.4 Å². The lowest BCUT2D eigenvalue weighted by Gasteiger charge is -2.45. The molecule has 0 bridgehead atoms. The lowest BCUT2D eigenvalue weighted by Crippen LogP contribution is -2.37. The number of hydrogen-bond donors (Lipinski definition) is 0. The zero-order chi connectivity index (χ0) is 47.0. The van der Waals surface area contributed by atoms with Crippen LogP contribution >= 0.6 is 8.15 Å². The highest BCUT2D eigenvalue weighted by Crippen LogP contribution is 2.67. The second-order valence-electron chi connectivity index (χ2n) is 17.3. The Labute approximate surface area is 394 Å². The van der Waals surface area contributed by atoms with Crippen LogP contribution in [0.2, 0.25) is 0 Å². The first-order valence-electron chi connectivity index (χ1n) is 22.2. The summed E-state index contributed by atoms with van der Waals surface area (Å²) in [7, 11) is -1.82. The number of hydrogen-bond acceptors (Lipinski definition) is 7. The van der Waals surface area contributed by atoms with Crippen LogP contribution in [0.3, 0.4) is 0 Å². The van der Waals surface area contributed by atoms with Gasteiger partial charge in [-0.1, -0.05) is 60.7 Å². The number of nitrogens with zero attached hydrogens (tertiary/aromatic N) is 3. The van der Waals surface area contributed by atoms with Gasteiger partial charge in [0.15, 0.2) is 55.1 Å². The van der Waals surface area contributed by atoms with Gasteiger partial charge in [0.1, 0.15) is 36.3 Å². The Morgan fingerprint density at radius 2 is 0.768 bits per heavy atom. The van der Waals surface area contributed by atoms with Gasteiger partial charge in [-0.05, 0) is 101 Å². The molecule has 0 N–H and O–H groups in total.